The number of rotatable bonds is 5. The molecule has 3 aromatic rings. The van der Waals surface area contributed by atoms with E-state index in [1.54, 1.807) is 12.4 Å². The van der Waals surface area contributed by atoms with Crippen LogP contribution >= 0.6 is 0 Å². The Morgan fingerprint density at radius 2 is 1.60 bits per heavy atom. The van der Waals surface area contributed by atoms with Gasteiger partial charge in [-0.1, -0.05) is 30.3 Å². The normalized spacial score (nSPS) is 11.4. The average molecular weight is 265 g/mol. The molecule has 0 unspecified atom stereocenters. The van der Waals surface area contributed by atoms with Gasteiger partial charge >= 0.3 is 0 Å². The van der Waals surface area contributed by atoms with Crippen LogP contribution in [-0.4, -0.2) is 32.3 Å². The van der Waals surface area contributed by atoms with Crippen LogP contribution in [0, 0.1) is 0 Å². The lowest BCUT2D eigenvalue weighted by Gasteiger charge is -2.15. The van der Waals surface area contributed by atoms with Gasteiger partial charge in [0.1, 0.15) is 0 Å². The SMILES string of the molecule is C(=NCC(n1cccn1)n1cccn1)c1ccccc1. The predicted octanol–water partition coefficient (Wildman–Crippen LogP) is 2.25. The molecule has 0 saturated heterocycles. The van der Waals surface area contributed by atoms with Crippen molar-refractivity contribution in [2.24, 2.45) is 4.99 Å². The van der Waals surface area contributed by atoms with E-state index in [1.165, 1.54) is 0 Å². The van der Waals surface area contributed by atoms with Crippen molar-refractivity contribution in [2.75, 3.05) is 6.54 Å². The average Bonchev–Trinajstić information content (AvgIpc) is 3.18. The third kappa shape index (κ3) is 2.83. The van der Waals surface area contributed by atoms with Gasteiger partial charge in [0.05, 0.1) is 6.54 Å². The maximum Gasteiger partial charge on any atom is 0.162 e. The van der Waals surface area contributed by atoms with Crippen LogP contribution in [0.25, 0.3) is 0 Å². The molecule has 0 aliphatic rings. The highest BCUT2D eigenvalue weighted by Crippen LogP contribution is 2.08. The lowest BCUT2D eigenvalue weighted by atomic mass is 10.2. The van der Waals surface area contributed by atoms with Gasteiger partial charge in [-0.25, -0.2) is 9.36 Å². The summed E-state index contributed by atoms with van der Waals surface area (Å²) < 4.78 is 3.71. The Hall–Kier alpha value is -2.69. The number of benzene rings is 1. The number of aliphatic imine (C=N–C) groups is 1. The molecule has 0 N–H and O–H groups in total. The summed E-state index contributed by atoms with van der Waals surface area (Å²) in [7, 11) is 0. The van der Waals surface area contributed by atoms with Gasteiger partial charge in [0.15, 0.2) is 6.17 Å². The summed E-state index contributed by atoms with van der Waals surface area (Å²) in [6.07, 6.45) is 9.20. The molecule has 0 amide bonds. The molecule has 0 spiro atoms. The van der Waals surface area contributed by atoms with Crippen LogP contribution in [0.3, 0.4) is 0 Å². The molecule has 2 aromatic heterocycles. The number of nitrogens with zero attached hydrogens (tertiary/aromatic N) is 5. The van der Waals surface area contributed by atoms with Gasteiger partial charge in [0.2, 0.25) is 0 Å². The highest BCUT2D eigenvalue weighted by molar-refractivity contribution is 5.79. The highest BCUT2D eigenvalue weighted by Gasteiger charge is 2.12. The van der Waals surface area contributed by atoms with E-state index in [0.29, 0.717) is 6.54 Å². The van der Waals surface area contributed by atoms with Gasteiger partial charge < -0.3 is 0 Å². The summed E-state index contributed by atoms with van der Waals surface area (Å²) in [6.45, 7) is 0.582. The molecular formula is C15H15N5. The minimum Gasteiger partial charge on any atom is -0.288 e. The highest BCUT2D eigenvalue weighted by atomic mass is 15.4. The molecule has 1 aromatic carbocycles. The van der Waals surface area contributed by atoms with E-state index in [1.807, 2.05) is 70.4 Å². The molecule has 0 aliphatic heterocycles. The Kier molecular flexibility index (Phi) is 3.68. The molecule has 5 heteroatoms. The third-order valence-corrected chi connectivity index (χ3v) is 2.97. The van der Waals surface area contributed by atoms with Crippen molar-refractivity contribution < 1.29 is 0 Å². The zero-order chi connectivity index (χ0) is 13.6. The van der Waals surface area contributed by atoms with E-state index in [0.717, 1.165) is 5.56 Å². The summed E-state index contributed by atoms with van der Waals surface area (Å²) >= 11 is 0. The minimum atomic E-state index is -0.0417. The van der Waals surface area contributed by atoms with Gasteiger partial charge in [-0.15, -0.1) is 0 Å². The Morgan fingerprint density at radius 3 is 2.15 bits per heavy atom. The summed E-state index contributed by atoms with van der Waals surface area (Å²) in [5, 5.41) is 8.56. The predicted molar refractivity (Wildman–Crippen MR) is 77.8 cm³/mol. The fourth-order valence-corrected chi connectivity index (χ4v) is 1.99. The Labute approximate surface area is 117 Å². The van der Waals surface area contributed by atoms with Crippen molar-refractivity contribution >= 4 is 6.21 Å². The second-order valence-electron chi connectivity index (χ2n) is 4.36. The largest absolute Gasteiger partial charge is 0.288 e. The second-order valence-corrected chi connectivity index (χ2v) is 4.36. The molecular weight excluding hydrogens is 250 g/mol. The molecule has 0 radical (unpaired) electrons. The summed E-state index contributed by atoms with van der Waals surface area (Å²) in [5.41, 5.74) is 1.09. The molecule has 2 heterocycles. The summed E-state index contributed by atoms with van der Waals surface area (Å²) in [4.78, 5) is 4.51. The third-order valence-electron chi connectivity index (χ3n) is 2.97. The Bertz CT molecular complexity index is 607. The van der Waals surface area contributed by atoms with Crippen molar-refractivity contribution in [2.45, 2.75) is 6.17 Å². The van der Waals surface area contributed by atoms with E-state index < -0.39 is 0 Å². The first kappa shape index (κ1) is 12.3. The Morgan fingerprint density at radius 1 is 0.950 bits per heavy atom. The maximum absolute atomic E-state index is 4.51. The molecule has 0 fully saturated rings. The van der Waals surface area contributed by atoms with Gasteiger partial charge in [0, 0.05) is 31.0 Å². The zero-order valence-corrected chi connectivity index (χ0v) is 10.9. The van der Waals surface area contributed by atoms with Gasteiger partial charge in [-0.05, 0) is 17.7 Å². The van der Waals surface area contributed by atoms with Crippen LogP contribution in [0.4, 0.5) is 0 Å². The Balaban J connectivity index is 1.76. The van der Waals surface area contributed by atoms with Crippen LogP contribution in [0.1, 0.15) is 11.7 Å². The molecule has 20 heavy (non-hydrogen) atoms. The first-order valence-corrected chi connectivity index (χ1v) is 6.46. The lowest BCUT2D eigenvalue weighted by molar-refractivity contribution is 0.369. The number of hydrogen-bond donors (Lipinski definition) is 0. The molecule has 100 valence electrons. The van der Waals surface area contributed by atoms with Crippen molar-refractivity contribution in [1.82, 2.24) is 19.6 Å². The second kappa shape index (κ2) is 5.97. The molecule has 0 bridgehead atoms. The van der Waals surface area contributed by atoms with E-state index in [2.05, 4.69) is 15.2 Å². The van der Waals surface area contributed by atoms with Crippen LogP contribution in [-0.2, 0) is 0 Å². The van der Waals surface area contributed by atoms with Crippen molar-refractivity contribution in [1.29, 1.82) is 0 Å². The quantitative estimate of drug-likeness (QED) is 0.664. The van der Waals surface area contributed by atoms with Crippen molar-refractivity contribution in [3.05, 3.63) is 72.8 Å². The molecule has 0 atom stereocenters. The van der Waals surface area contributed by atoms with Crippen LogP contribution in [0.2, 0.25) is 0 Å². The van der Waals surface area contributed by atoms with Crippen LogP contribution in [0.5, 0.6) is 0 Å². The van der Waals surface area contributed by atoms with Crippen molar-refractivity contribution in [3.63, 3.8) is 0 Å². The monoisotopic (exact) mass is 265 g/mol. The zero-order valence-electron chi connectivity index (χ0n) is 10.9. The number of aromatic nitrogens is 4. The molecule has 0 saturated carbocycles. The van der Waals surface area contributed by atoms with Gasteiger partial charge in [-0.3, -0.25) is 4.99 Å². The summed E-state index contributed by atoms with van der Waals surface area (Å²) in [5.74, 6) is 0. The van der Waals surface area contributed by atoms with Crippen LogP contribution < -0.4 is 0 Å². The van der Waals surface area contributed by atoms with Gasteiger partial charge in [-0.2, -0.15) is 10.2 Å². The van der Waals surface area contributed by atoms with Crippen LogP contribution in [0.15, 0.2) is 72.2 Å². The molecule has 3 rings (SSSR count). The van der Waals surface area contributed by atoms with E-state index in [4.69, 9.17) is 0 Å². The standard InChI is InChI=1S/C15H15N5/c1-2-6-14(7-3-1)12-16-13-15(19-10-4-8-17-19)20-11-5-9-18-20/h1-12,15H,13H2. The van der Waals surface area contributed by atoms with E-state index >= 15 is 0 Å². The smallest absolute Gasteiger partial charge is 0.162 e. The lowest BCUT2D eigenvalue weighted by Crippen LogP contribution is -2.22. The molecule has 0 aliphatic carbocycles. The number of hydrogen-bond acceptors (Lipinski definition) is 3. The maximum atomic E-state index is 4.51. The minimum absolute atomic E-state index is 0.0417. The fraction of sp³-hybridized carbons (Fsp3) is 0.133. The van der Waals surface area contributed by atoms with Gasteiger partial charge in [0.25, 0.3) is 0 Å². The van der Waals surface area contributed by atoms with E-state index in [9.17, 15) is 0 Å². The molecule has 5 nitrogen and oxygen atoms in total. The first-order valence-electron chi connectivity index (χ1n) is 6.46. The first-order chi connectivity index (χ1) is 9.93. The van der Waals surface area contributed by atoms with Crippen molar-refractivity contribution in [3.8, 4) is 0 Å². The summed E-state index contributed by atoms with van der Waals surface area (Å²) in [6, 6.07) is 13.8. The van der Waals surface area contributed by atoms with E-state index in [-0.39, 0.29) is 6.17 Å². The topological polar surface area (TPSA) is 48.0 Å². The fourth-order valence-electron chi connectivity index (χ4n) is 1.99.